The molecule has 0 nitrogen and oxygen atoms in total. The summed E-state index contributed by atoms with van der Waals surface area (Å²) >= 11 is 0. The molecule has 0 spiro atoms. The first-order valence-electron chi connectivity index (χ1n) is 10.5. The van der Waals surface area contributed by atoms with E-state index >= 15 is 0 Å². The quantitative estimate of drug-likeness (QED) is 0.323. The molecule has 0 fully saturated rings. The van der Waals surface area contributed by atoms with Crippen LogP contribution in [0.4, 0.5) is 0 Å². The van der Waals surface area contributed by atoms with Gasteiger partial charge in [-0.05, 0) is 33.1 Å². The summed E-state index contributed by atoms with van der Waals surface area (Å²) in [7, 11) is -2.36. The minimum absolute atomic E-state index is 0.995. The number of hydrogen-bond donors (Lipinski definition) is 0. The van der Waals surface area contributed by atoms with Gasteiger partial charge in [0.25, 0.3) is 0 Å². The third-order valence-corrected chi connectivity index (χ3v) is 11.0. The van der Waals surface area contributed by atoms with Gasteiger partial charge in [-0.3, -0.25) is 0 Å². The molecule has 144 valence electrons. The lowest BCUT2D eigenvalue weighted by atomic mass is 10.1. The Balaban J connectivity index is 1.78. The fourth-order valence-electron chi connectivity index (χ4n) is 4.74. The molecule has 0 atom stereocenters. The molecule has 4 aromatic rings. The van der Waals surface area contributed by atoms with E-state index in [4.69, 9.17) is 0 Å². The summed E-state index contributed by atoms with van der Waals surface area (Å²) in [5, 5.41) is 5.87. The van der Waals surface area contributed by atoms with Crippen molar-refractivity contribution in [3.63, 3.8) is 0 Å². The molecule has 0 amide bonds. The van der Waals surface area contributed by atoms with E-state index in [9.17, 15) is 0 Å². The van der Waals surface area contributed by atoms with E-state index in [0.29, 0.717) is 0 Å². The van der Waals surface area contributed by atoms with Crippen molar-refractivity contribution in [3.8, 4) is 0 Å². The van der Waals surface area contributed by atoms with Crippen molar-refractivity contribution in [2.45, 2.75) is 6.42 Å². The number of rotatable bonds is 5. The molecule has 4 aromatic carbocycles. The van der Waals surface area contributed by atoms with E-state index in [2.05, 4.69) is 133 Å². The van der Waals surface area contributed by atoms with Crippen LogP contribution in [0.1, 0.15) is 12.0 Å². The Morgan fingerprint density at radius 3 is 1.30 bits per heavy atom. The van der Waals surface area contributed by atoms with Crippen molar-refractivity contribution in [2.75, 3.05) is 0 Å². The maximum absolute atomic E-state index is 2.47. The highest BCUT2D eigenvalue weighted by atomic mass is 28.3. The van der Waals surface area contributed by atoms with Gasteiger partial charge >= 0.3 is 0 Å². The van der Waals surface area contributed by atoms with Gasteiger partial charge in [0.2, 0.25) is 0 Å². The Bertz CT molecular complexity index is 1080. The Morgan fingerprint density at radius 1 is 0.467 bits per heavy atom. The summed E-state index contributed by atoms with van der Waals surface area (Å²) < 4.78 is 0. The van der Waals surface area contributed by atoms with Gasteiger partial charge in [0.15, 0.2) is 8.07 Å². The largest absolute Gasteiger partial charge is 0.175 e. The zero-order valence-corrected chi connectivity index (χ0v) is 17.9. The molecule has 1 aliphatic rings. The van der Waals surface area contributed by atoms with Gasteiger partial charge in [0, 0.05) is 0 Å². The summed E-state index contributed by atoms with van der Waals surface area (Å²) in [5.41, 5.74) is 2.63. The van der Waals surface area contributed by atoms with E-state index in [0.717, 1.165) is 6.42 Å². The average molecular weight is 401 g/mol. The highest BCUT2D eigenvalue weighted by molar-refractivity contribution is 7.16. The zero-order chi connectivity index (χ0) is 20.2. The Labute approximate surface area is 179 Å². The Hall–Kier alpha value is -3.42. The molecule has 0 heterocycles. The molecular weight excluding hydrogens is 376 g/mol. The Kier molecular flexibility index (Phi) is 5.04. The lowest BCUT2D eigenvalue weighted by Crippen LogP contribution is -2.68. The fourth-order valence-corrected chi connectivity index (χ4v) is 9.71. The molecule has 0 unspecified atom stereocenters. The van der Waals surface area contributed by atoms with Crippen molar-refractivity contribution >= 4 is 29.2 Å². The number of allylic oxidation sites excluding steroid dienone is 4. The first-order chi connectivity index (χ1) is 14.9. The molecule has 30 heavy (non-hydrogen) atoms. The third kappa shape index (κ3) is 3.18. The van der Waals surface area contributed by atoms with Crippen LogP contribution in [-0.2, 0) is 0 Å². The highest BCUT2D eigenvalue weighted by Gasteiger charge is 2.43. The minimum Gasteiger partial charge on any atom is -0.0730 e. The number of hydrogen-bond acceptors (Lipinski definition) is 0. The normalized spacial score (nSPS) is 13.6. The highest BCUT2D eigenvalue weighted by Crippen LogP contribution is 2.31. The fraction of sp³-hybridized carbons (Fsp3) is 0.0345. The van der Waals surface area contributed by atoms with Gasteiger partial charge in [-0.15, -0.1) is 0 Å². The van der Waals surface area contributed by atoms with E-state index in [1.807, 2.05) is 0 Å². The monoisotopic (exact) mass is 400 g/mol. The molecule has 1 heteroatoms. The van der Waals surface area contributed by atoms with Crippen molar-refractivity contribution in [1.29, 1.82) is 0 Å². The minimum atomic E-state index is -2.36. The third-order valence-electron chi connectivity index (χ3n) is 6.08. The molecule has 0 N–H and O–H groups in total. The average Bonchev–Trinajstić information content (AvgIpc) is 3.33. The predicted molar refractivity (Wildman–Crippen MR) is 131 cm³/mol. The maximum atomic E-state index is 2.47. The second-order valence-corrected chi connectivity index (χ2v) is 11.6. The standard InChI is InChI=1S/C29H24Si/c1-5-13-24(14-6-1)25-21-22-29(23-25)30(26-15-7-2-8-16-26,27-17-9-3-10-18-27)28-19-11-4-12-20-28/h1-21,23H,22H2. The van der Waals surface area contributed by atoms with Crippen molar-refractivity contribution in [1.82, 2.24) is 0 Å². The molecule has 0 saturated heterocycles. The van der Waals surface area contributed by atoms with E-state index < -0.39 is 8.07 Å². The van der Waals surface area contributed by atoms with Crippen LogP contribution in [0.3, 0.4) is 0 Å². The topological polar surface area (TPSA) is 0 Å². The predicted octanol–water partition coefficient (Wildman–Crippen LogP) is 5.11. The lowest BCUT2D eigenvalue weighted by molar-refractivity contribution is 1.37. The second-order valence-electron chi connectivity index (χ2n) is 7.75. The van der Waals surface area contributed by atoms with Gasteiger partial charge < -0.3 is 0 Å². The van der Waals surface area contributed by atoms with Gasteiger partial charge in [-0.1, -0.05) is 139 Å². The van der Waals surface area contributed by atoms with Gasteiger partial charge in [-0.25, -0.2) is 0 Å². The van der Waals surface area contributed by atoms with Crippen molar-refractivity contribution in [2.24, 2.45) is 0 Å². The van der Waals surface area contributed by atoms with Gasteiger partial charge in [0.1, 0.15) is 0 Å². The molecule has 1 aliphatic carbocycles. The first-order valence-corrected chi connectivity index (χ1v) is 12.5. The van der Waals surface area contributed by atoms with Crippen LogP contribution in [0, 0.1) is 0 Å². The second kappa shape index (κ2) is 8.14. The van der Waals surface area contributed by atoms with E-state index in [-0.39, 0.29) is 0 Å². The van der Waals surface area contributed by atoms with Crippen molar-refractivity contribution in [3.05, 3.63) is 144 Å². The van der Waals surface area contributed by atoms with Crippen LogP contribution >= 0.6 is 0 Å². The molecule has 0 radical (unpaired) electrons. The van der Waals surface area contributed by atoms with Crippen LogP contribution in [-0.4, -0.2) is 8.07 Å². The molecular formula is C29H24Si. The molecule has 0 aromatic heterocycles. The van der Waals surface area contributed by atoms with E-state index in [1.54, 1.807) is 5.20 Å². The molecule has 5 rings (SSSR count). The van der Waals surface area contributed by atoms with E-state index in [1.165, 1.54) is 26.7 Å². The summed E-state index contributed by atoms with van der Waals surface area (Å²) in [6, 6.07) is 44.2. The van der Waals surface area contributed by atoms with Crippen LogP contribution in [0.25, 0.3) is 5.57 Å². The Morgan fingerprint density at radius 2 is 0.867 bits per heavy atom. The SMILES string of the molecule is C1=C(c2ccccc2)C=C([Si](c2ccccc2)(c2ccccc2)c2ccccc2)C1. The van der Waals surface area contributed by atoms with Crippen molar-refractivity contribution < 1.29 is 0 Å². The van der Waals surface area contributed by atoms with Crippen LogP contribution in [0.15, 0.2) is 139 Å². The summed E-state index contributed by atoms with van der Waals surface area (Å²) in [4.78, 5) is 0. The summed E-state index contributed by atoms with van der Waals surface area (Å²) in [6.07, 6.45) is 5.87. The van der Waals surface area contributed by atoms with Crippen LogP contribution < -0.4 is 15.6 Å². The maximum Gasteiger partial charge on any atom is 0.175 e. The summed E-state index contributed by atoms with van der Waals surface area (Å²) in [5.74, 6) is 0. The number of benzene rings is 4. The molecule has 0 saturated carbocycles. The molecule has 0 bridgehead atoms. The summed E-state index contributed by atoms with van der Waals surface area (Å²) in [6.45, 7) is 0. The smallest absolute Gasteiger partial charge is 0.0730 e. The molecule has 0 aliphatic heterocycles. The zero-order valence-electron chi connectivity index (χ0n) is 16.9. The lowest BCUT2D eigenvalue weighted by Gasteiger charge is -2.35. The van der Waals surface area contributed by atoms with Gasteiger partial charge in [0.05, 0.1) is 0 Å². The van der Waals surface area contributed by atoms with Gasteiger partial charge in [-0.2, -0.15) is 0 Å². The van der Waals surface area contributed by atoms with Crippen LogP contribution in [0.5, 0.6) is 0 Å². The first kappa shape index (κ1) is 18.6. The van der Waals surface area contributed by atoms with Crippen LogP contribution in [0.2, 0.25) is 0 Å².